The van der Waals surface area contributed by atoms with Crippen LogP contribution >= 0.6 is 11.8 Å². The van der Waals surface area contributed by atoms with Crippen molar-refractivity contribution < 1.29 is 23.9 Å². The summed E-state index contributed by atoms with van der Waals surface area (Å²) in [5.74, 6) is -1.96. The van der Waals surface area contributed by atoms with Gasteiger partial charge in [-0.15, -0.1) is 11.8 Å². The van der Waals surface area contributed by atoms with Crippen molar-refractivity contribution in [3.8, 4) is 6.07 Å². The number of urea groups is 1. The molecule has 0 aliphatic heterocycles. The Morgan fingerprint density at radius 2 is 1.90 bits per heavy atom. The number of amides is 4. The van der Waals surface area contributed by atoms with Crippen LogP contribution in [0, 0.1) is 11.3 Å². The molecular formula is C20H18N4O5S. The molecule has 10 heteroatoms. The predicted molar refractivity (Wildman–Crippen MR) is 110 cm³/mol. The Bertz CT molecular complexity index is 1020. The van der Waals surface area contributed by atoms with E-state index in [1.807, 2.05) is 11.4 Å². The summed E-state index contributed by atoms with van der Waals surface area (Å²) in [5, 5.41) is 13.4. The van der Waals surface area contributed by atoms with E-state index in [1.165, 1.54) is 13.0 Å². The number of hydrogen-bond donors (Lipinski definition) is 3. The molecule has 154 valence electrons. The number of thioether (sulfide) groups is 1. The number of anilines is 1. The first kappa shape index (κ1) is 22.4. The lowest BCUT2D eigenvalue weighted by molar-refractivity contribution is -0.127. The van der Waals surface area contributed by atoms with E-state index < -0.39 is 24.0 Å². The molecule has 30 heavy (non-hydrogen) atoms. The van der Waals surface area contributed by atoms with E-state index in [0.29, 0.717) is 16.1 Å². The lowest BCUT2D eigenvalue weighted by Crippen LogP contribution is -2.42. The van der Waals surface area contributed by atoms with E-state index in [9.17, 15) is 19.2 Å². The third-order valence-electron chi connectivity index (χ3n) is 3.64. The van der Waals surface area contributed by atoms with Gasteiger partial charge in [0.1, 0.15) is 0 Å². The van der Waals surface area contributed by atoms with E-state index >= 15 is 0 Å². The maximum absolute atomic E-state index is 12.4. The highest BCUT2D eigenvalue weighted by Gasteiger charge is 2.22. The van der Waals surface area contributed by atoms with Crippen LogP contribution in [0.5, 0.6) is 0 Å². The van der Waals surface area contributed by atoms with Crippen LogP contribution in [0.2, 0.25) is 0 Å². The largest absolute Gasteiger partial charge is 0.449 e. The summed E-state index contributed by atoms with van der Waals surface area (Å²) in [6, 6.07) is 13.9. The van der Waals surface area contributed by atoms with Crippen LogP contribution in [-0.4, -0.2) is 35.7 Å². The van der Waals surface area contributed by atoms with Crippen molar-refractivity contribution >= 4 is 41.3 Å². The lowest BCUT2D eigenvalue weighted by atomic mass is 10.2. The average Bonchev–Trinajstić information content (AvgIpc) is 2.72. The number of ether oxygens (including phenoxy) is 1. The van der Waals surface area contributed by atoms with Gasteiger partial charge in [-0.3, -0.25) is 14.9 Å². The highest BCUT2D eigenvalue weighted by Crippen LogP contribution is 2.24. The fourth-order valence-corrected chi connectivity index (χ4v) is 3.11. The molecule has 0 radical (unpaired) electrons. The molecule has 0 aliphatic carbocycles. The molecule has 0 saturated carbocycles. The number of benzene rings is 2. The van der Waals surface area contributed by atoms with Crippen LogP contribution < -0.4 is 16.4 Å². The predicted octanol–water partition coefficient (Wildman–Crippen LogP) is 2.03. The molecular weight excluding hydrogens is 408 g/mol. The number of carbonyl (C=O) groups is 4. The highest BCUT2D eigenvalue weighted by molar-refractivity contribution is 8.00. The minimum absolute atomic E-state index is 0.00120. The van der Waals surface area contributed by atoms with Crippen molar-refractivity contribution in [3.05, 3.63) is 59.7 Å². The number of esters is 1. The molecule has 0 aromatic heterocycles. The Balaban J connectivity index is 1.99. The third kappa shape index (κ3) is 6.65. The Morgan fingerprint density at radius 1 is 1.17 bits per heavy atom. The Kier molecular flexibility index (Phi) is 7.96. The Morgan fingerprint density at radius 3 is 2.60 bits per heavy atom. The van der Waals surface area contributed by atoms with E-state index in [-0.39, 0.29) is 17.2 Å². The van der Waals surface area contributed by atoms with Gasteiger partial charge in [-0.05, 0) is 37.3 Å². The van der Waals surface area contributed by atoms with Gasteiger partial charge in [-0.1, -0.05) is 18.2 Å². The van der Waals surface area contributed by atoms with Gasteiger partial charge in [0, 0.05) is 10.6 Å². The zero-order valence-electron chi connectivity index (χ0n) is 15.9. The number of rotatable bonds is 7. The first-order valence-corrected chi connectivity index (χ1v) is 9.62. The summed E-state index contributed by atoms with van der Waals surface area (Å²) in [6.45, 7) is 1.30. The summed E-state index contributed by atoms with van der Waals surface area (Å²) >= 11 is 1.11. The summed E-state index contributed by atoms with van der Waals surface area (Å²) in [5.41, 5.74) is 5.94. The van der Waals surface area contributed by atoms with Crippen molar-refractivity contribution in [2.75, 3.05) is 11.1 Å². The van der Waals surface area contributed by atoms with Crippen LogP contribution in [0.1, 0.15) is 22.8 Å². The number of carbonyl (C=O) groups excluding carboxylic acids is 4. The van der Waals surface area contributed by atoms with Gasteiger partial charge in [0.15, 0.2) is 6.10 Å². The zero-order valence-corrected chi connectivity index (χ0v) is 16.7. The van der Waals surface area contributed by atoms with E-state index in [0.717, 1.165) is 11.8 Å². The molecule has 0 aliphatic rings. The molecule has 4 N–H and O–H groups in total. The van der Waals surface area contributed by atoms with Gasteiger partial charge in [-0.25, -0.2) is 9.59 Å². The van der Waals surface area contributed by atoms with Gasteiger partial charge in [0.2, 0.25) is 5.91 Å². The molecule has 0 saturated heterocycles. The topological polar surface area (TPSA) is 151 Å². The SMILES string of the molecule is CC(OC(=O)c1ccccc1SCC(=O)Nc1cccc(C#N)c1)C(=O)NC(N)=O. The monoisotopic (exact) mass is 426 g/mol. The molecule has 1 atom stereocenters. The standard InChI is InChI=1S/C20H18N4O5S/c1-12(18(26)24-20(22)28)29-19(27)15-7-2-3-8-16(15)30-11-17(25)23-14-6-4-5-13(9-14)10-21/h2-9,12H,11H2,1H3,(H,23,25)(H3,22,24,26,28). The molecule has 0 bridgehead atoms. The maximum atomic E-state index is 12.4. The van der Waals surface area contributed by atoms with Gasteiger partial charge in [0.25, 0.3) is 5.91 Å². The number of hydrogen-bond acceptors (Lipinski definition) is 7. The second kappa shape index (κ2) is 10.6. The molecule has 0 fully saturated rings. The summed E-state index contributed by atoms with van der Waals surface area (Å²) in [4.78, 5) is 47.5. The fraction of sp³-hybridized carbons (Fsp3) is 0.150. The normalized spacial score (nSPS) is 10.9. The Hall–Kier alpha value is -3.84. The summed E-state index contributed by atoms with van der Waals surface area (Å²) in [7, 11) is 0. The highest BCUT2D eigenvalue weighted by atomic mass is 32.2. The van der Waals surface area contributed by atoms with Crippen LogP contribution in [0.25, 0.3) is 0 Å². The van der Waals surface area contributed by atoms with Crippen LogP contribution in [0.4, 0.5) is 10.5 Å². The van der Waals surface area contributed by atoms with Crippen molar-refractivity contribution in [1.82, 2.24) is 5.32 Å². The summed E-state index contributed by atoms with van der Waals surface area (Å²) in [6.07, 6.45) is -1.24. The van der Waals surface area contributed by atoms with Crippen molar-refractivity contribution in [2.45, 2.75) is 17.9 Å². The van der Waals surface area contributed by atoms with Crippen molar-refractivity contribution in [1.29, 1.82) is 5.26 Å². The summed E-state index contributed by atoms with van der Waals surface area (Å²) < 4.78 is 5.06. The van der Waals surface area contributed by atoms with Crippen LogP contribution in [-0.2, 0) is 14.3 Å². The second-order valence-electron chi connectivity index (χ2n) is 5.93. The Labute approximate surface area is 176 Å². The molecule has 9 nitrogen and oxygen atoms in total. The van der Waals surface area contributed by atoms with Gasteiger partial charge < -0.3 is 15.8 Å². The minimum atomic E-state index is -1.24. The number of nitriles is 1. The fourth-order valence-electron chi connectivity index (χ4n) is 2.27. The molecule has 0 spiro atoms. The number of nitrogens with zero attached hydrogens (tertiary/aromatic N) is 1. The number of imide groups is 1. The number of nitrogens with one attached hydrogen (secondary N) is 2. The molecule has 1 unspecified atom stereocenters. The first-order valence-electron chi connectivity index (χ1n) is 8.63. The van der Waals surface area contributed by atoms with Crippen LogP contribution in [0.3, 0.4) is 0 Å². The first-order chi connectivity index (χ1) is 14.3. The number of primary amides is 1. The lowest BCUT2D eigenvalue weighted by Gasteiger charge is -2.14. The van der Waals surface area contributed by atoms with Crippen molar-refractivity contribution in [3.63, 3.8) is 0 Å². The number of nitrogens with two attached hydrogens (primary N) is 1. The quantitative estimate of drug-likeness (QED) is 0.452. The maximum Gasteiger partial charge on any atom is 0.340 e. The van der Waals surface area contributed by atoms with E-state index in [1.54, 1.807) is 42.5 Å². The van der Waals surface area contributed by atoms with Gasteiger partial charge in [0.05, 0.1) is 22.9 Å². The molecule has 2 aromatic rings. The molecule has 4 amide bonds. The second-order valence-corrected chi connectivity index (χ2v) is 6.94. The average molecular weight is 426 g/mol. The molecule has 2 rings (SSSR count). The van der Waals surface area contributed by atoms with Gasteiger partial charge >= 0.3 is 12.0 Å². The molecule has 0 heterocycles. The van der Waals surface area contributed by atoms with Gasteiger partial charge in [-0.2, -0.15) is 5.26 Å². The smallest absolute Gasteiger partial charge is 0.340 e. The van der Waals surface area contributed by atoms with Crippen molar-refractivity contribution in [2.24, 2.45) is 5.73 Å². The zero-order chi connectivity index (χ0) is 22.1. The minimum Gasteiger partial charge on any atom is -0.449 e. The molecule has 2 aromatic carbocycles. The van der Waals surface area contributed by atoms with E-state index in [2.05, 4.69) is 5.32 Å². The third-order valence-corrected chi connectivity index (χ3v) is 4.71. The van der Waals surface area contributed by atoms with Crippen LogP contribution in [0.15, 0.2) is 53.4 Å². The van der Waals surface area contributed by atoms with E-state index in [4.69, 9.17) is 15.7 Å².